The van der Waals surface area contributed by atoms with E-state index in [-0.39, 0.29) is 5.28 Å². The molecule has 4 nitrogen and oxygen atoms in total. The molecule has 2 rings (SSSR count). The van der Waals surface area contributed by atoms with Crippen molar-refractivity contribution in [1.82, 2.24) is 9.97 Å². The number of aromatic nitrogens is 2. The van der Waals surface area contributed by atoms with Crippen LogP contribution < -0.4 is 4.90 Å². The summed E-state index contributed by atoms with van der Waals surface area (Å²) in [6, 6.07) is 7.93. The van der Waals surface area contributed by atoms with Crippen molar-refractivity contribution in [2.24, 2.45) is 5.92 Å². The van der Waals surface area contributed by atoms with Crippen LogP contribution in [0, 0.1) is 5.92 Å². The van der Waals surface area contributed by atoms with Gasteiger partial charge >= 0.3 is 0 Å². The summed E-state index contributed by atoms with van der Waals surface area (Å²) in [5, 5.41) is 1.30. The summed E-state index contributed by atoms with van der Waals surface area (Å²) in [7, 11) is 1.71. The van der Waals surface area contributed by atoms with E-state index in [1.54, 1.807) is 7.11 Å². The Kier molecular flexibility index (Phi) is 5.15. The second-order valence-electron chi connectivity index (χ2n) is 5.17. The third kappa shape index (κ3) is 3.58. The van der Waals surface area contributed by atoms with Crippen LogP contribution in [0.3, 0.4) is 0 Å². The fourth-order valence-corrected chi connectivity index (χ4v) is 2.37. The molecule has 2 aromatic rings. The van der Waals surface area contributed by atoms with Crippen LogP contribution in [-0.4, -0.2) is 36.8 Å². The van der Waals surface area contributed by atoms with Crippen molar-refractivity contribution in [2.45, 2.75) is 13.8 Å². The van der Waals surface area contributed by atoms with Crippen LogP contribution in [-0.2, 0) is 4.74 Å². The lowest BCUT2D eigenvalue weighted by Gasteiger charge is -2.26. The van der Waals surface area contributed by atoms with Gasteiger partial charge in [0.1, 0.15) is 5.82 Å². The highest BCUT2D eigenvalue weighted by Crippen LogP contribution is 2.25. The summed E-state index contributed by atoms with van der Waals surface area (Å²) < 4.78 is 5.20. The van der Waals surface area contributed by atoms with Crippen molar-refractivity contribution >= 4 is 28.3 Å². The molecule has 0 N–H and O–H groups in total. The van der Waals surface area contributed by atoms with Crippen molar-refractivity contribution < 1.29 is 4.74 Å². The molecule has 0 saturated carbocycles. The highest BCUT2D eigenvalue weighted by atomic mass is 35.5. The molecule has 0 aliphatic heterocycles. The lowest BCUT2D eigenvalue weighted by atomic mass is 10.1. The molecule has 0 amide bonds. The van der Waals surface area contributed by atoms with Crippen LogP contribution in [0.2, 0.25) is 5.28 Å². The van der Waals surface area contributed by atoms with Gasteiger partial charge in [-0.2, -0.15) is 4.98 Å². The molecule has 0 saturated heterocycles. The molecule has 5 heteroatoms. The van der Waals surface area contributed by atoms with Gasteiger partial charge in [0, 0.05) is 25.6 Å². The molecule has 0 atom stereocenters. The van der Waals surface area contributed by atoms with Crippen molar-refractivity contribution in [3.63, 3.8) is 0 Å². The molecule has 20 heavy (non-hydrogen) atoms. The van der Waals surface area contributed by atoms with Crippen LogP contribution >= 0.6 is 11.6 Å². The Bertz CT molecular complexity index is 574. The van der Waals surface area contributed by atoms with Gasteiger partial charge in [-0.25, -0.2) is 4.98 Å². The van der Waals surface area contributed by atoms with Gasteiger partial charge in [0.2, 0.25) is 5.28 Å². The number of para-hydroxylation sites is 1. The van der Waals surface area contributed by atoms with Gasteiger partial charge < -0.3 is 9.64 Å². The maximum atomic E-state index is 6.06. The number of rotatable bonds is 6. The molecular weight excluding hydrogens is 274 g/mol. The third-order valence-electron chi connectivity index (χ3n) is 3.01. The van der Waals surface area contributed by atoms with Crippen LogP contribution in [0.25, 0.3) is 10.9 Å². The zero-order valence-corrected chi connectivity index (χ0v) is 12.9. The van der Waals surface area contributed by atoms with E-state index in [1.165, 1.54) is 0 Å². The monoisotopic (exact) mass is 293 g/mol. The minimum Gasteiger partial charge on any atom is -0.383 e. The molecular formula is C15H20ClN3O. The third-order valence-corrected chi connectivity index (χ3v) is 3.18. The SMILES string of the molecule is COCCN(CC(C)C)c1nc(Cl)nc2ccccc12. The van der Waals surface area contributed by atoms with Crippen LogP contribution in [0.15, 0.2) is 24.3 Å². The average Bonchev–Trinajstić information content (AvgIpc) is 2.42. The largest absolute Gasteiger partial charge is 0.383 e. The molecule has 0 radical (unpaired) electrons. The number of hydrogen-bond acceptors (Lipinski definition) is 4. The Balaban J connectivity index is 2.45. The van der Waals surface area contributed by atoms with E-state index in [0.29, 0.717) is 12.5 Å². The second kappa shape index (κ2) is 6.86. The first-order valence-electron chi connectivity index (χ1n) is 6.78. The predicted molar refractivity (Wildman–Crippen MR) is 83.5 cm³/mol. The summed E-state index contributed by atoms with van der Waals surface area (Å²) in [5.74, 6) is 1.41. The van der Waals surface area contributed by atoms with E-state index in [4.69, 9.17) is 16.3 Å². The smallest absolute Gasteiger partial charge is 0.224 e. The maximum Gasteiger partial charge on any atom is 0.224 e. The number of nitrogens with zero attached hydrogens (tertiary/aromatic N) is 3. The topological polar surface area (TPSA) is 38.2 Å². The lowest BCUT2D eigenvalue weighted by Crippen LogP contribution is -2.32. The molecule has 0 aliphatic carbocycles. The maximum absolute atomic E-state index is 6.06. The summed E-state index contributed by atoms with van der Waals surface area (Å²) in [5.41, 5.74) is 0.869. The average molecular weight is 294 g/mol. The second-order valence-corrected chi connectivity index (χ2v) is 5.50. The normalized spacial score (nSPS) is 11.2. The summed E-state index contributed by atoms with van der Waals surface area (Å²) in [4.78, 5) is 10.9. The van der Waals surface area contributed by atoms with E-state index in [0.717, 1.165) is 29.8 Å². The molecule has 0 spiro atoms. The van der Waals surface area contributed by atoms with Gasteiger partial charge in [-0.15, -0.1) is 0 Å². The zero-order valence-electron chi connectivity index (χ0n) is 12.1. The standard InChI is InChI=1S/C15H20ClN3O/c1-11(2)10-19(8-9-20-3)14-12-6-4-5-7-13(12)17-15(16)18-14/h4-7,11H,8-10H2,1-3H3. The fourth-order valence-electron chi connectivity index (χ4n) is 2.20. The van der Waals surface area contributed by atoms with E-state index >= 15 is 0 Å². The first-order chi connectivity index (χ1) is 9.61. The highest BCUT2D eigenvalue weighted by Gasteiger charge is 2.15. The quantitative estimate of drug-likeness (QED) is 0.765. The molecule has 0 aliphatic rings. The van der Waals surface area contributed by atoms with Crippen molar-refractivity contribution in [2.75, 3.05) is 31.7 Å². The van der Waals surface area contributed by atoms with Crippen LogP contribution in [0.1, 0.15) is 13.8 Å². The van der Waals surface area contributed by atoms with Gasteiger partial charge in [-0.1, -0.05) is 26.0 Å². The summed E-state index contributed by atoms with van der Waals surface area (Å²) in [6.07, 6.45) is 0. The summed E-state index contributed by atoms with van der Waals surface area (Å²) >= 11 is 6.06. The molecule has 1 aromatic carbocycles. The van der Waals surface area contributed by atoms with E-state index in [9.17, 15) is 0 Å². The van der Waals surface area contributed by atoms with Gasteiger partial charge in [0.15, 0.2) is 0 Å². The van der Waals surface area contributed by atoms with Crippen LogP contribution in [0.4, 0.5) is 5.82 Å². The molecule has 0 bridgehead atoms. The number of benzene rings is 1. The zero-order chi connectivity index (χ0) is 14.5. The first-order valence-corrected chi connectivity index (χ1v) is 7.15. The predicted octanol–water partition coefficient (Wildman–Crippen LogP) is 3.39. The van der Waals surface area contributed by atoms with Gasteiger partial charge in [-0.3, -0.25) is 0 Å². The number of anilines is 1. The van der Waals surface area contributed by atoms with E-state index < -0.39 is 0 Å². The number of methoxy groups -OCH3 is 1. The molecule has 1 aromatic heterocycles. The van der Waals surface area contributed by atoms with Crippen molar-refractivity contribution in [1.29, 1.82) is 0 Å². The highest BCUT2D eigenvalue weighted by molar-refractivity contribution is 6.28. The molecule has 108 valence electrons. The van der Waals surface area contributed by atoms with Gasteiger partial charge in [-0.05, 0) is 29.7 Å². The number of ether oxygens (including phenoxy) is 1. The van der Waals surface area contributed by atoms with Crippen molar-refractivity contribution in [3.8, 4) is 0 Å². The number of halogens is 1. The Morgan fingerprint density at radius 2 is 2.00 bits per heavy atom. The Labute approximate surface area is 124 Å². The minimum atomic E-state index is 0.282. The Morgan fingerprint density at radius 1 is 1.25 bits per heavy atom. The summed E-state index contributed by atoms with van der Waals surface area (Å²) in [6.45, 7) is 6.71. The Hall–Kier alpha value is -1.39. The van der Waals surface area contributed by atoms with E-state index in [1.807, 2.05) is 24.3 Å². The van der Waals surface area contributed by atoms with Crippen LogP contribution in [0.5, 0.6) is 0 Å². The molecule has 1 heterocycles. The first kappa shape index (κ1) is 15.0. The molecule has 0 fully saturated rings. The van der Waals surface area contributed by atoms with Gasteiger partial charge in [0.05, 0.1) is 12.1 Å². The number of fused-ring (bicyclic) bond motifs is 1. The fraction of sp³-hybridized carbons (Fsp3) is 0.467. The molecule has 0 unspecified atom stereocenters. The Morgan fingerprint density at radius 3 is 2.70 bits per heavy atom. The van der Waals surface area contributed by atoms with Crippen molar-refractivity contribution in [3.05, 3.63) is 29.5 Å². The number of hydrogen-bond donors (Lipinski definition) is 0. The van der Waals surface area contributed by atoms with E-state index in [2.05, 4.69) is 28.7 Å². The van der Waals surface area contributed by atoms with Gasteiger partial charge in [0.25, 0.3) is 0 Å². The minimum absolute atomic E-state index is 0.282. The lowest BCUT2D eigenvalue weighted by molar-refractivity contribution is 0.204.